The molecule has 0 saturated heterocycles. The van der Waals surface area contributed by atoms with Crippen molar-refractivity contribution in [3.63, 3.8) is 0 Å². The maximum Gasteiger partial charge on any atom is 0.261 e. The van der Waals surface area contributed by atoms with Gasteiger partial charge in [0.25, 0.3) is 11.5 Å². The highest BCUT2D eigenvalue weighted by molar-refractivity contribution is 9.10. The van der Waals surface area contributed by atoms with Crippen molar-refractivity contribution in [2.45, 2.75) is 13.8 Å². The molecule has 0 atom stereocenters. The molecule has 5 heteroatoms. The Kier molecular flexibility index (Phi) is 3.85. The van der Waals surface area contributed by atoms with E-state index in [-0.39, 0.29) is 11.1 Å². The fourth-order valence-corrected chi connectivity index (χ4v) is 2.00. The van der Waals surface area contributed by atoms with E-state index in [0.717, 1.165) is 15.7 Å². The molecule has 0 fully saturated rings. The summed E-state index contributed by atoms with van der Waals surface area (Å²) in [7, 11) is 0. The van der Waals surface area contributed by atoms with Gasteiger partial charge in [-0.25, -0.2) is 0 Å². The van der Waals surface area contributed by atoms with E-state index in [9.17, 15) is 9.59 Å². The van der Waals surface area contributed by atoms with Crippen LogP contribution in [0, 0.1) is 13.8 Å². The Labute approximate surface area is 119 Å². The fourth-order valence-electron chi connectivity index (χ4n) is 1.62. The second kappa shape index (κ2) is 5.40. The molecule has 1 heterocycles. The number of hydrogen-bond donors (Lipinski definition) is 2. The summed E-state index contributed by atoms with van der Waals surface area (Å²) in [5.41, 5.74) is 2.15. The predicted octanol–water partition coefficient (Wildman–Crippen LogP) is 3.01. The van der Waals surface area contributed by atoms with E-state index in [1.54, 1.807) is 25.1 Å². The van der Waals surface area contributed by atoms with Gasteiger partial charge in [0.1, 0.15) is 5.56 Å². The number of H-pyrrole nitrogens is 1. The zero-order chi connectivity index (χ0) is 14.0. The number of amides is 1. The quantitative estimate of drug-likeness (QED) is 0.893. The van der Waals surface area contributed by atoms with Gasteiger partial charge in [-0.2, -0.15) is 0 Å². The van der Waals surface area contributed by atoms with E-state index in [2.05, 4.69) is 26.2 Å². The standard InChI is InChI=1S/C14H13BrN2O2/c1-8-3-5-10(7-12(8)15)17-14(19)11-6-4-9(2)16-13(11)18/h3-7H,1-2H3,(H,16,18)(H,17,19). The van der Waals surface area contributed by atoms with Crippen LogP contribution in [0.4, 0.5) is 5.69 Å². The van der Waals surface area contributed by atoms with Crippen molar-refractivity contribution in [3.05, 3.63) is 62.0 Å². The summed E-state index contributed by atoms with van der Waals surface area (Å²) in [6.07, 6.45) is 0. The van der Waals surface area contributed by atoms with Gasteiger partial charge in [-0.3, -0.25) is 9.59 Å². The van der Waals surface area contributed by atoms with Gasteiger partial charge in [-0.05, 0) is 43.7 Å². The largest absolute Gasteiger partial charge is 0.326 e. The van der Waals surface area contributed by atoms with Crippen LogP contribution in [-0.4, -0.2) is 10.9 Å². The van der Waals surface area contributed by atoms with E-state index in [1.165, 1.54) is 6.07 Å². The molecule has 19 heavy (non-hydrogen) atoms. The highest BCUT2D eigenvalue weighted by atomic mass is 79.9. The van der Waals surface area contributed by atoms with E-state index in [4.69, 9.17) is 0 Å². The highest BCUT2D eigenvalue weighted by Gasteiger charge is 2.10. The predicted molar refractivity (Wildman–Crippen MR) is 78.6 cm³/mol. The van der Waals surface area contributed by atoms with E-state index >= 15 is 0 Å². The zero-order valence-corrected chi connectivity index (χ0v) is 12.2. The topological polar surface area (TPSA) is 62.0 Å². The van der Waals surface area contributed by atoms with Gasteiger partial charge in [0, 0.05) is 15.9 Å². The number of benzene rings is 1. The molecule has 1 aromatic carbocycles. The Morgan fingerprint density at radius 1 is 1.21 bits per heavy atom. The Morgan fingerprint density at radius 2 is 1.95 bits per heavy atom. The smallest absolute Gasteiger partial charge is 0.261 e. The summed E-state index contributed by atoms with van der Waals surface area (Å²) >= 11 is 3.40. The molecular weight excluding hydrogens is 308 g/mol. The first-order valence-corrected chi connectivity index (χ1v) is 6.54. The van der Waals surface area contributed by atoms with Gasteiger partial charge in [0.05, 0.1) is 0 Å². The van der Waals surface area contributed by atoms with Crippen LogP contribution in [0.3, 0.4) is 0 Å². The van der Waals surface area contributed by atoms with Crippen LogP contribution in [0.15, 0.2) is 39.6 Å². The van der Waals surface area contributed by atoms with Crippen LogP contribution < -0.4 is 10.9 Å². The molecule has 0 aliphatic rings. The fraction of sp³-hybridized carbons (Fsp3) is 0.143. The molecule has 1 aromatic heterocycles. The first-order chi connectivity index (χ1) is 8.97. The summed E-state index contributed by atoms with van der Waals surface area (Å²) in [6, 6.07) is 8.70. The minimum absolute atomic E-state index is 0.0993. The molecule has 0 saturated carbocycles. The lowest BCUT2D eigenvalue weighted by molar-refractivity contribution is 0.102. The van der Waals surface area contributed by atoms with Gasteiger partial charge in [-0.15, -0.1) is 0 Å². The Bertz CT molecular complexity index is 692. The van der Waals surface area contributed by atoms with Crippen molar-refractivity contribution in [2.24, 2.45) is 0 Å². The van der Waals surface area contributed by atoms with Gasteiger partial charge in [0.2, 0.25) is 0 Å². The van der Waals surface area contributed by atoms with Gasteiger partial charge < -0.3 is 10.3 Å². The molecule has 98 valence electrons. The lowest BCUT2D eigenvalue weighted by atomic mass is 10.2. The number of carbonyl (C=O) groups excluding carboxylic acids is 1. The highest BCUT2D eigenvalue weighted by Crippen LogP contribution is 2.20. The summed E-state index contributed by atoms with van der Waals surface area (Å²) < 4.78 is 0.906. The number of pyridine rings is 1. The van der Waals surface area contributed by atoms with Crippen molar-refractivity contribution in [2.75, 3.05) is 5.32 Å². The van der Waals surface area contributed by atoms with Crippen molar-refractivity contribution in [1.29, 1.82) is 0 Å². The van der Waals surface area contributed by atoms with E-state index in [1.807, 2.05) is 13.0 Å². The Morgan fingerprint density at radius 3 is 2.58 bits per heavy atom. The molecule has 0 aliphatic heterocycles. The normalized spacial score (nSPS) is 10.3. The van der Waals surface area contributed by atoms with E-state index in [0.29, 0.717) is 5.69 Å². The maximum absolute atomic E-state index is 12.0. The van der Waals surface area contributed by atoms with Crippen molar-refractivity contribution in [3.8, 4) is 0 Å². The number of anilines is 1. The summed E-state index contributed by atoms with van der Waals surface area (Å²) in [5.74, 6) is -0.419. The van der Waals surface area contributed by atoms with Crippen LogP contribution in [0.1, 0.15) is 21.6 Å². The summed E-state index contributed by atoms with van der Waals surface area (Å²) in [6.45, 7) is 3.72. The zero-order valence-electron chi connectivity index (χ0n) is 10.6. The number of aromatic amines is 1. The molecular formula is C14H13BrN2O2. The van der Waals surface area contributed by atoms with Crippen LogP contribution >= 0.6 is 15.9 Å². The number of halogens is 1. The molecule has 2 aromatic rings. The molecule has 2 N–H and O–H groups in total. The lowest BCUT2D eigenvalue weighted by Crippen LogP contribution is -2.23. The Hall–Kier alpha value is -1.88. The number of carbonyl (C=O) groups is 1. The number of rotatable bonds is 2. The van der Waals surface area contributed by atoms with Crippen molar-refractivity contribution in [1.82, 2.24) is 4.98 Å². The minimum atomic E-state index is -0.419. The maximum atomic E-state index is 12.0. The molecule has 0 spiro atoms. The monoisotopic (exact) mass is 320 g/mol. The molecule has 1 amide bonds. The van der Waals surface area contributed by atoms with Crippen LogP contribution in [0.25, 0.3) is 0 Å². The molecule has 2 rings (SSSR count). The minimum Gasteiger partial charge on any atom is -0.326 e. The number of aromatic nitrogens is 1. The average Bonchev–Trinajstić information content (AvgIpc) is 2.33. The number of nitrogens with one attached hydrogen (secondary N) is 2. The third kappa shape index (κ3) is 3.12. The second-order valence-corrected chi connectivity index (χ2v) is 5.16. The van der Waals surface area contributed by atoms with Crippen molar-refractivity contribution >= 4 is 27.5 Å². The lowest BCUT2D eigenvalue weighted by Gasteiger charge is -2.06. The van der Waals surface area contributed by atoms with Gasteiger partial charge in [-0.1, -0.05) is 22.0 Å². The van der Waals surface area contributed by atoms with Crippen LogP contribution in [0.5, 0.6) is 0 Å². The van der Waals surface area contributed by atoms with Crippen molar-refractivity contribution < 1.29 is 4.79 Å². The van der Waals surface area contributed by atoms with Gasteiger partial charge in [0.15, 0.2) is 0 Å². The molecule has 0 radical (unpaired) electrons. The second-order valence-electron chi connectivity index (χ2n) is 4.30. The van der Waals surface area contributed by atoms with E-state index < -0.39 is 5.91 Å². The molecule has 4 nitrogen and oxygen atoms in total. The van der Waals surface area contributed by atoms with Crippen LogP contribution in [0.2, 0.25) is 0 Å². The summed E-state index contributed by atoms with van der Waals surface area (Å²) in [5, 5.41) is 2.70. The molecule has 0 bridgehead atoms. The molecule has 0 aliphatic carbocycles. The first-order valence-electron chi connectivity index (χ1n) is 5.75. The van der Waals surface area contributed by atoms with Crippen LogP contribution in [-0.2, 0) is 0 Å². The summed E-state index contributed by atoms with van der Waals surface area (Å²) in [4.78, 5) is 26.3. The molecule has 0 unspecified atom stereocenters. The third-order valence-corrected chi connectivity index (χ3v) is 3.58. The average molecular weight is 321 g/mol. The first kappa shape index (κ1) is 13.5. The van der Waals surface area contributed by atoms with Gasteiger partial charge >= 0.3 is 0 Å². The Balaban J connectivity index is 2.25. The third-order valence-electron chi connectivity index (χ3n) is 2.73. The number of aryl methyl sites for hydroxylation is 2. The SMILES string of the molecule is Cc1ccc(C(=O)Nc2ccc(C)c(Br)c2)c(=O)[nH]1. The number of hydrogen-bond acceptors (Lipinski definition) is 2.